The molecule has 0 spiro atoms. The van der Waals surface area contributed by atoms with E-state index < -0.39 is 10.0 Å². The zero-order valence-electron chi connectivity index (χ0n) is 14.3. The number of hydrogen-bond donors (Lipinski definition) is 1. The van der Waals surface area contributed by atoms with Gasteiger partial charge < -0.3 is 4.90 Å². The molecule has 1 atom stereocenters. The van der Waals surface area contributed by atoms with Crippen molar-refractivity contribution in [2.75, 3.05) is 31.1 Å². The number of nitrogens with one attached hydrogen (secondary N) is 1. The van der Waals surface area contributed by atoms with Gasteiger partial charge in [0.2, 0.25) is 15.9 Å². The van der Waals surface area contributed by atoms with Gasteiger partial charge in [-0.3, -0.25) is 9.69 Å². The van der Waals surface area contributed by atoms with Crippen LogP contribution in [-0.2, 0) is 21.2 Å². The number of rotatable bonds is 5. The third-order valence-corrected chi connectivity index (χ3v) is 6.39. The molecule has 0 bridgehead atoms. The molecule has 1 fully saturated rings. The fourth-order valence-electron chi connectivity index (χ4n) is 3.50. The van der Waals surface area contributed by atoms with Crippen LogP contribution >= 0.6 is 0 Å². The van der Waals surface area contributed by atoms with E-state index in [4.69, 9.17) is 0 Å². The monoisotopic (exact) mass is 351 g/mol. The van der Waals surface area contributed by atoms with E-state index in [0.717, 1.165) is 24.3 Å². The molecule has 1 aromatic carbocycles. The lowest BCUT2D eigenvalue weighted by molar-refractivity contribution is -0.116. The van der Waals surface area contributed by atoms with E-state index in [1.54, 1.807) is 23.1 Å². The lowest BCUT2D eigenvalue weighted by Gasteiger charge is -2.23. The fourth-order valence-corrected chi connectivity index (χ4v) is 4.67. The smallest absolute Gasteiger partial charge is 0.240 e. The van der Waals surface area contributed by atoms with Crippen LogP contribution in [0.3, 0.4) is 0 Å². The predicted octanol–water partition coefficient (Wildman–Crippen LogP) is 1.36. The molecule has 7 heteroatoms. The highest BCUT2D eigenvalue weighted by atomic mass is 32.2. The van der Waals surface area contributed by atoms with Crippen molar-refractivity contribution >= 4 is 21.6 Å². The van der Waals surface area contributed by atoms with Gasteiger partial charge in [0, 0.05) is 31.7 Å². The first-order valence-corrected chi connectivity index (χ1v) is 10.0. The van der Waals surface area contributed by atoms with Crippen LogP contribution in [0.5, 0.6) is 0 Å². The second-order valence-corrected chi connectivity index (χ2v) is 8.42. The molecule has 1 unspecified atom stereocenters. The van der Waals surface area contributed by atoms with E-state index >= 15 is 0 Å². The van der Waals surface area contributed by atoms with Gasteiger partial charge in [-0.1, -0.05) is 0 Å². The maximum Gasteiger partial charge on any atom is 0.240 e. The highest BCUT2D eigenvalue weighted by Gasteiger charge is 2.25. The topological polar surface area (TPSA) is 69.7 Å². The third kappa shape index (κ3) is 3.48. The predicted molar refractivity (Wildman–Crippen MR) is 93.6 cm³/mol. The van der Waals surface area contributed by atoms with Crippen molar-refractivity contribution in [3.8, 4) is 0 Å². The number of benzene rings is 1. The standard InChI is InChI=1S/C17H25N3O3S/c1-13(19-8-3-4-9-19)12-18-24(22,23)16-5-6-17-15(11-16)7-10-20(17)14(2)21/h5-6,11,13,18H,3-4,7-10,12H2,1-2H3. The Bertz CT molecular complexity index is 727. The van der Waals surface area contributed by atoms with Gasteiger partial charge in [-0.15, -0.1) is 0 Å². The van der Waals surface area contributed by atoms with Crippen LogP contribution in [0.2, 0.25) is 0 Å². The first kappa shape index (κ1) is 17.4. The van der Waals surface area contributed by atoms with Gasteiger partial charge in [0.1, 0.15) is 0 Å². The van der Waals surface area contributed by atoms with Crippen molar-refractivity contribution < 1.29 is 13.2 Å². The van der Waals surface area contributed by atoms with Crippen LogP contribution in [-0.4, -0.2) is 51.4 Å². The maximum absolute atomic E-state index is 12.6. The summed E-state index contributed by atoms with van der Waals surface area (Å²) in [5, 5.41) is 0. The minimum atomic E-state index is -3.52. The van der Waals surface area contributed by atoms with Gasteiger partial charge >= 0.3 is 0 Å². The fraction of sp³-hybridized carbons (Fsp3) is 0.588. The van der Waals surface area contributed by atoms with Crippen molar-refractivity contribution in [3.63, 3.8) is 0 Å². The second-order valence-electron chi connectivity index (χ2n) is 6.66. The molecule has 2 aliphatic rings. The summed E-state index contributed by atoms with van der Waals surface area (Å²) in [5.41, 5.74) is 1.74. The van der Waals surface area contributed by atoms with Crippen LogP contribution in [0, 0.1) is 0 Å². The Labute approximate surface area is 143 Å². The van der Waals surface area contributed by atoms with Crippen molar-refractivity contribution in [1.82, 2.24) is 9.62 Å². The maximum atomic E-state index is 12.6. The number of hydrogen-bond acceptors (Lipinski definition) is 4. The summed E-state index contributed by atoms with van der Waals surface area (Å²) in [6.45, 7) is 6.71. The highest BCUT2D eigenvalue weighted by Crippen LogP contribution is 2.30. The summed E-state index contributed by atoms with van der Waals surface area (Å²) < 4.78 is 27.8. The lowest BCUT2D eigenvalue weighted by atomic mass is 10.2. The molecule has 0 aliphatic carbocycles. The normalized spacial score (nSPS) is 19.5. The summed E-state index contributed by atoms with van der Waals surface area (Å²) >= 11 is 0. The highest BCUT2D eigenvalue weighted by molar-refractivity contribution is 7.89. The summed E-state index contributed by atoms with van der Waals surface area (Å²) in [6.07, 6.45) is 3.07. The molecule has 0 radical (unpaired) electrons. The molecule has 1 amide bonds. The molecule has 24 heavy (non-hydrogen) atoms. The zero-order chi connectivity index (χ0) is 17.3. The SMILES string of the molecule is CC(=O)N1CCc2cc(S(=O)(=O)NCC(C)N3CCCC3)ccc21. The Kier molecular flexibility index (Phi) is 4.94. The van der Waals surface area contributed by atoms with Gasteiger partial charge in [0.15, 0.2) is 0 Å². The molecule has 1 saturated heterocycles. The third-order valence-electron chi connectivity index (χ3n) is 4.97. The van der Waals surface area contributed by atoms with E-state index in [2.05, 4.69) is 16.5 Å². The van der Waals surface area contributed by atoms with Crippen LogP contribution in [0.15, 0.2) is 23.1 Å². The van der Waals surface area contributed by atoms with Crippen molar-refractivity contribution in [2.45, 2.75) is 44.0 Å². The summed E-state index contributed by atoms with van der Waals surface area (Å²) in [5.74, 6) is -0.0121. The van der Waals surface area contributed by atoms with Crippen molar-refractivity contribution in [1.29, 1.82) is 0 Å². The number of nitrogens with zero attached hydrogens (tertiary/aromatic N) is 2. The molecule has 0 saturated carbocycles. The van der Waals surface area contributed by atoms with E-state index in [9.17, 15) is 13.2 Å². The molecule has 0 aromatic heterocycles. The molecular weight excluding hydrogens is 326 g/mol. The Morgan fingerprint density at radius 2 is 1.96 bits per heavy atom. The number of sulfonamides is 1. The quantitative estimate of drug-likeness (QED) is 0.870. The number of amides is 1. The van der Waals surface area contributed by atoms with Gasteiger partial charge in [0.05, 0.1) is 4.90 Å². The molecule has 2 heterocycles. The van der Waals surface area contributed by atoms with E-state index in [1.165, 1.54) is 19.8 Å². The molecule has 1 aromatic rings. The number of fused-ring (bicyclic) bond motifs is 1. The Balaban J connectivity index is 1.70. The Morgan fingerprint density at radius 3 is 2.62 bits per heavy atom. The minimum Gasteiger partial charge on any atom is -0.312 e. The number of likely N-dealkylation sites (tertiary alicyclic amines) is 1. The molecule has 2 aliphatic heterocycles. The average molecular weight is 351 g/mol. The average Bonchev–Trinajstić information content (AvgIpc) is 3.21. The number of carbonyl (C=O) groups excluding carboxylic acids is 1. The summed E-state index contributed by atoms with van der Waals surface area (Å²) in [6, 6.07) is 5.22. The largest absolute Gasteiger partial charge is 0.312 e. The Morgan fingerprint density at radius 1 is 1.25 bits per heavy atom. The van der Waals surface area contributed by atoms with E-state index in [1.807, 2.05) is 0 Å². The number of carbonyl (C=O) groups is 1. The van der Waals surface area contributed by atoms with Crippen molar-refractivity contribution in [3.05, 3.63) is 23.8 Å². The van der Waals surface area contributed by atoms with Crippen LogP contribution < -0.4 is 9.62 Å². The van der Waals surface area contributed by atoms with Gasteiger partial charge in [-0.05, 0) is 63.0 Å². The minimum absolute atomic E-state index is 0.0121. The van der Waals surface area contributed by atoms with Crippen LogP contribution in [0.4, 0.5) is 5.69 Å². The second kappa shape index (κ2) is 6.82. The molecular formula is C17H25N3O3S. The molecule has 132 valence electrons. The van der Waals surface area contributed by atoms with Gasteiger partial charge in [0.25, 0.3) is 0 Å². The molecule has 6 nitrogen and oxygen atoms in total. The van der Waals surface area contributed by atoms with Crippen LogP contribution in [0.1, 0.15) is 32.3 Å². The molecule has 3 rings (SSSR count). The summed E-state index contributed by atoms with van der Waals surface area (Å²) in [7, 11) is -3.52. The molecule has 1 N–H and O–H groups in total. The van der Waals surface area contributed by atoms with Gasteiger partial charge in [-0.2, -0.15) is 0 Å². The van der Waals surface area contributed by atoms with E-state index in [0.29, 0.717) is 19.5 Å². The van der Waals surface area contributed by atoms with Gasteiger partial charge in [-0.25, -0.2) is 13.1 Å². The first-order chi connectivity index (χ1) is 11.4. The first-order valence-electron chi connectivity index (χ1n) is 8.53. The lowest BCUT2D eigenvalue weighted by Crippen LogP contribution is -2.40. The zero-order valence-corrected chi connectivity index (χ0v) is 15.1. The van der Waals surface area contributed by atoms with Crippen LogP contribution in [0.25, 0.3) is 0 Å². The van der Waals surface area contributed by atoms with E-state index in [-0.39, 0.29) is 16.8 Å². The number of anilines is 1. The van der Waals surface area contributed by atoms with Crippen molar-refractivity contribution in [2.24, 2.45) is 0 Å². The summed E-state index contributed by atoms with van der Waals surface area (Å²) in [4.78, 5) is 15.9. The Hall–Kier alpha value is -1.44.